The summed E-state index contributed by atoms with van der Waals surface area (Å²) in [6.07, 6.45) is 1.56. The lowest BCUT2D eigenvalue weighted by atomic mass is 10.0. The molecule has 7 nitrogen and oxygen atoms in total. The smallest absolute Gasteiger partial charge is 0.274 e. The first-order valence-corrected chi connectivity index (χ1v) is 11.6. The number of benzene rings is 2. The van der Waals surface area contributed by atoms with Gasteiger partial charge < -0.3 is 14.8 Å². The van der Waals surface area contributed by atoms with Gasteiger partial charge in [-0.2, -0.15) is 5.10 Å². The third-order valence-corrected chi connectivity index (χ3v) is 6.04. The van der Waals surface area contributed by atoms with Crippen molar-refractivity contribution in [1.82, 2.24) is 5.01 Å². The maximum absolute atomic E-state index is 13.2. The van der Waals surface area contributed by atoms with Gasteiger partial charge in [0, 0.05) is 23.4 Å². The molecule has 1 N–H and O–H groups in total. The monoisotopic (exact) mass is 463 g/mol. The van der Waals surface area contributed by atoms with Crippen molar-refractivity contribution in [1.29, 1.82) is 0 Å². The van der Waals surface area contributed by atoms with Gasteiger partial charge in [-0.15, -0.1) is 11.3 Å². The van der Waals surface area contributed by atoms with Crippen molar-refractivity contribution in [3.05, 3.63) is 76.0 Å². The topological polar surface area (TPSA) is 80.2 Å². The molecule has 2 heterocycles. The number of thiophene rings is 1. The lowest BCUT2D eigenvalue weighted by molar-refractivity contribution is 0.0751. The number of nitrogens with zero attached hydrogens (tertiary/aromatic N) is 2. The lowest BCUT2D eigenvalue weighted by Gasteiger charge is -2.24. The number of anilines is 1. The van der Waals surface area contributed by atoms with Crippen LogP contribution in [-0.2, 0) is 0 Å². The van der Waals surface area contributed by atoms with Gasteiger partial charge in [-0.1, -0.05) is 12.1 Å². The fraction of sp³-hybridized carbons (Fsp3) is 0.240. The normalized spacial score (nSPS) is 13.3. The van der Waals surface area contributed by atoms with Crippen LogP contribution >= 0.6 is 11.3 Å². The molecule has 0 aliphatic carbocycles. The summed E-state index contributed by atoms with van der Waals surface area (Å²) in [7, 11) is 1.60. The van der Waals surface area contributed by atoms with Gasteiger partial charge in [0.2, 0.25) is 0 Å². The Morgan fingerprint density at radius 1 is 1.12 bits per heavy atom. The van der Waals surface area contributed by atoms with Gasteiger partial charge in [-0.25, -0.2) is 5.01 Å². The van der Waals surface area contributed by atoms with Crippen LogP contribution in [-0.4, -0.2) is 42.8 Å². The van der Waals surface area contributed by atoms with E-state index in [2.05, 4.69) is 10.4 Å². The molecule has 0 radical (unpaired) electrons. The summed E-state index contributed by atoms with van der Waals surface area (Å²) in [6, 6.07) is 16.2. The largest absolute Gasteiger partial charge is 0.493 e. The molecule has 170 valence electrons. The first kappa shape index (κ1) is 22.5. The average molecular weight is 464 g/mol. The fourth-order valence-corrected chi connectivity index (χ4v) is 4.21. The van der Waals surface area contributed by atoms with E-state index in [1.54, 1.807) is 37.4 Å². The molecule has 2 amide bonds. The number of nitrogens with one attached hydrogen (secondary N) is 1. The van der Waals surface area contributed by atoms with Crippen molar-refractivity contribution in [3.8, 4) is 11.5 Å². The van der Waals surface area contributed by atoms with Crippen LogP contribution < -0.4 is 14.8 Å². The highest BCUT2D eigenvalue weighted by Gasteiger charge is 2.22. The van der Waals surface area contributed by atoms with Gasteiger partial charge in [0.25, 0.3) is 11.8 Å². The van der Waals surface area contributed by atoms with Crippen molar-refractivity contribution in [2.24, 2.45) is 5.10 Å². The number of methoxy groups -OCH3 is 1. The van der Waals surface area contributed by atoms with Crippen LogP contribution in [0.1, 0.15) is 45.4 Å². The third kappa shape index (κ3) is 5.23. The van der Waals surface area contributed by atoms with Crippen LogP contribution in [0.4, 0.5) is 5.69 Å². The van der Waals surface area contributed by atoms with Gasteiger partial charge in [-0.3, -0.25) is 9.59 Å². The van der Waals surface area contributed by atoms with E-state index in [4.69, 9.17) is 9.47 Å². The van der Waals surface area contributed by atoms with Gasteiger partial charge in [-0.05, 0) is 67.6 Å². The van der Waals surface area contributed by atoms with Crippen LogP contribution in [0.15, 0.2) is 65.1 Å². The molecule has 0 saturated heterocycles. The second kappa shape index (κ2) is 10.3. The minimum atomic E-state index is -0.210. The minimum Gasteiger partial charge on any atom is -0.493 e. The Hall–Kier alpha value is -3.65. The van der Waals surface area contributed by atoms with E-state index < -0.39 is 0 Å². The molecule has 1 aliphatic rings. The summed E-state index contributed by atoms with van der Waals surface area (Å²) in [5.41, 5.74) is 2.75. The number of hydrazone groups is 1. The highest BCUT2D eigenvalue weighted by molar-refractivity contribution is 7.12. The van der Waals surface area contributed by atoms with Crippen LogP contribution in [0, 0.1) is 0 Å². The van der Waals surface area contributed by atoms with Crippen molar-refractivity contribution >= 4 is 34.6 Å². The molecule has 0 unspecified atom stereocenters. The Kier molecular flexibility index (Phi) is 7.04. The van der Waals surface area contributed by atoms with Crippen molar-refractivity contribution in [3.63, 3.8) is 0 Å². The molecule has 8 heteroatoms. The molecule has 3 aromatic rings. The Balaban J connectivity index is 1.53. The maximum atomic E-state index is 13.2. The van der Waals surface area contributed by atoms with Gasteiger partial charge in [0.1, 0.15) is 0 Å². The van der Waals surface area contributed by atoms with Gasteiger partial charge in [0.05, 0.1) is 24.3 Å². The summed E-state index contributed by atoms with van der Waals surface area (Å²) in [5.74, 6) is 0.902. The molecular formula is C25H25N3O4S. The van der Waals surface area contributed by atoms with E-state index >= 15 is 0 Å². The molecule has 0 bridgehead atoms. The zero-order valence-electron chi connectivity index (χ0n) is 18.5. The van der Waals surface area contributed by atoms with Crippen molar-refractivity contribution < 1.29 is 19.1 Å². The van der Waals surface area contributed by atoms with Crippen LogP contribution in [0.5, 0.6) is 11.5 Å². The Labute approximate surface area is 196 Å². The molecular weight excluding hydrogens is 438 g/mol. The van der Waals surface area contributed by atoms with Crippen LogP contribution in [0.2, 0.25) is 0 Å². The SMILES string of the molecule is CCOc1cc(C2=NN(C(=O)c3cccc(NC(=O)c4cccs4)c3)CCC2)ccc1OC. The predicted molar refractivity (Wildman–Crippen MR) is 130 cm³/mol. The molecule has 0 saturated carbocycles. The summed E-state index contributed by atoms with van der Waals surface area (Å²) >= 11 is 1.37. The van der Waals surface area contributed by atoms with E-state index in [0.29, 0.717) is 40.8 Å². The van der Waals surface area contributed by atoms with Crippen LogP contribution in [0.3, 0.4) is 0 Å². The van der Waals surface area contributed by atoms with Crippen molar-refractivity contribution in [2.45, 2.75) is 19.8 Å². The average Bonchev–Trinajstić information content (AvgIpc) is 3.39. The second-order valence-electron chi connectivity index (χ2n) is 7.39. The fourth-order valence-electron chi connectivity index (χ4n) is 3.59. The van der Waals surface area contributed by atoms with E-state index in [9.17, 15) is 9.59 Å². The first-order valence-electron chi connectivity index (χ1n) is 10.7. The summed E-state index contributed by atoms with van der Waals surface area (Å²) in [5, 5.41) is 10.8. The summed E-state index contributed by atoms with van der Waals surface area (Å²) < 4.78 is 11.0. The highest BCUT2D eigenvalue weighted by Crippen LogP contribution is 2.29. The molecule has 0 fully saturated rings. The predicted octanol–water partition coefficient (Wildman–Crippen LogP) is 5.05. The third-order valence-electron chi connectivity index (χ3n) is 5.17. The lowest BCUT2D eigenvalue weighted by Crippen LogP contribution is -2.32. The van der Waals surface area contributed by atoms with E-state index in [1.807, 2.05) is 36.6 Å². The Morgan fingerprint density at radius 3 is 2.76 bits per heavy atom. The number of hydrogen-bond acceptors (Lipinski definition) is 6. The molecule has 4 rings (SSSR count). The van der Waals surface area contributed by atoms with Crippen LogP contribution in [0.25, 0.3) is 0 Å². The summed E-state index contributed by atoms with van der Waals surface area (Å²) in [4.78, 5) is 26.1. The number of ether oxygens (including phenoxy) is 2. The van der Waals surface area contributed by atoms with Gasteiger partial charge >= 0.3 is 0 Å². The molecule has 1 aliphatic heterocycles. The molecule has 33 heavy (non-hydrogen) atoms. The zero-order chi connectivity index (χ0) is 23.2. The first-order chi connectivity index (χ1) is 16.1. The Morgan fingerprint density at radius 2 is 2.00 bits per heavy atom. The highest BCUT2D eigenvalue weighted by atomic mass is 32.1. The molecule has 0 atom stereocenters. The number of carbonyl (C=O) groups is 2. The minimum absolute atomic E-state index is 0.197. The number of carbonyl (C=O) groups excluding carboxylic acids is 2. The standard InChI is InChI=1S/C25H25N3O4S/c1-3-32-22-16-17(11-12-21(22)31-2)20-9-5-13-28(27-20)25(30)18-7-4-8-19(15-18)26-24(29)23-10-6-14-33-23/h4,6-8,10-12,14-16H,3,5,9,13H2,1-2H3,(H,26,29). The van der Waals surface area contributed by atoms with E-state index in [-0.39, 0.29) is 11.8 Å². The quantitative estimate of drug-likeness (QED) is 0.532. The molecule has 2 aromatic carbocycles. The van der Waals surface area contributed by atoms with Gasteiger partial charge in [0.15, 0.2) is 11.5 Å². The summed E-state index contributed by atoms with van der Waals surface area (Å²) in [6.45, 7) is 2.97. The number of hydrogen-bond donors (Lipinski definition) is 1. The number of amides is 2. The second-order valence-corrected chi connectivity index (χ2v) is 8.34. The van der Waals surface area contributed by atoms with E-state index in [1.165, 1.54) is 16.3 Å². The maximum Gasteiger partial charge on any atom is 0.274 e. The Bertz CT molecular complexity index is 1170. The molecule has 0 spiro atoms. The number of rotatable bonds is 7. The molecule has 1 aromatic heterocycles. The van der Waals surface area contributed by atoms with E-state index in [0.717, 1.165) is 24.1 Å². The zero-order valence-corrected chi connectivity index (χ0v) is 19.4. The van der Waals surface area contributed by atoms with Crippen molar-refractivity contribution in [2.75, 3.05) is 25.6 Å².